The molecule has 0 radical (unpaired) electrons. The summed E-state index contributed by atoms with van der Waals surface area (Å²) in [5.41, 5.74) is 2.15. The van der Waals surface area contributed by atoms with Gasteiger partial charge in [-0.25, -0.2) is 0 Å². The number of fused-ring (bicyclic) bond motifs is 1. The molecular formula is C18H19N5OS. The van der Waals surface area contributed by atoms with Crippen LogP contribution in [0.2, 0.25) is 0 Å². The van der Waals surface area contributed by atoms with Gasteiger partial charge in [0.25, 0.3) is 0 Å². The Kier molecular flexibility index (Phi) is 4.56. The van der Waals surface area contributed by atoms with Crippen LogP contribution in [0.4, 0.5) is 11.6 Å². The molecule has 0 unspecified atom stereocenters. The molecule has 1 aliphatic rings. The molecule has 1 aliphatic heterocycles. The fraction of sp³-hybridized carbons (Fsp3) is 0.278. The van der Waals surface area contributed by atoms with E-state index in [0.717, 1.165) is 47.1 Å². The molecule has 0 amide bonds. The van der Waals surface area contributed by atoms with Gasteiger partial charge in [0.15, 0.2) is 5.16 Å². The fourth-order valence-corrected chi connectivity index (χ4v) is 3.71. The SMILES string of the molecule is CCOc1ccc(N2CCn3c(SCc4ccccn4)nnc32)cc1. The topological polar surface area (TPSA) is 56.1 Å². The third-order valence-electron chi connectivity index (χ3n) is 4.02. The largest absolute Gasteiger partial charge is 0.494 e. The number of rotatable bonds is 6. The molecule has 0 saturated carbocycles. The normalized spacial score (nSPS) is 13.1. The third kappa shape index (κ3) is 3.32. The molecule has 6 nitrogen and oxygen atoms in total. The van der Waals surface area contributed by atoms with Crippen molar-refractivity contribution in [1.29, 1.82) is 0 Å². The molecule has 0 atom stereocenters. The maximum absolute atomic E-state index is 5.51. The number of anilines is 2. The van der Waals surface area contributed by atoms with Crippen molar-refractivity contribution >= 4 is 23.4 Å². The molecule has 25 heavy (non-hydrogen) atoms. The average molecular weight is 353 g/mol. The molecule has 0 fully saturated rings. The zero-order valence-corrected chi connectivity index (χ0v) is 14.8. The standard InChI is InChI=1S/C18H19N5OS/c1-2-24-16-8-6-15(7-9-16)22-11-12-23-17(22)20-21-18(23)25-13-14-5-3-4-10-19-14/h3-10H,2,11-13H2,1H3. The van der Waals surface area contributed by atoms with Gasteiger partial charge in [0.2, 0.25) is 5.95 Å². The molecule has 3 heterocycles. The summed E-state index contributed by atoms with van der Waals surface area (Å²) in [5, 5.41) is 9.69. The van der Waals surface area contributed by atoms with Crippen LogP contribution in [0.5, 0.6) is 5.75 Å². The molecular weight excluding hydrogens is 334 g/mol. The van der Waals surface area contributed by atoms with Gasteiger partial charge in [0.05, 0.1) is 12.3 Å². The van der Waals surface area contributed by atoms with Gasteiger partial charge in [0.1, 0.15) is 5.75 Å². The number of aromatic nitrogens is 4. The van der Waals surface area contributed by atoms with E-state index in [9.17, 15) is 0 Å². The number of benzene rings is 1. The maximum Gasteiger partial charge on any atom is 0.232 e. The zero-order chi connectivity index (χ0) is 17.1. The quantitative estimate of drug-likeness (QED) is 0.632. The first-order chi connectivity index (χ1) is 12.3. The van der Waals surface area contributed by atoms with Gasteiger partial charge in [-0.1, -0.05) is 17.8 Å². The lowest BCUT2D eigenvalue weighted by molar-refractivity contribution is 0.340. The monoisotopic (exact) mass is 353 g/mol. The molecule has 3 aromatic rings. The zero-order valence-electron chi connectivity index (χ0n) is 14.0. The first kappa shape index (κ1) is 16.0. The lowest BCUT2D eigenvalue weighted by atomic mass is 10.3. The Hall–Kier alpha value is -2.54. The van der Waals surface area contributed by atoms with E-state index < -0.39 is 0 Å². The molecule has 0 saturated heterocycles. The van der Waals surface area contributed by atoms with Crippen LogP contribution in [-0.4, -0.2) is 32.9 Å². The minimum atomic E-state index is 0.675. The lowest BCUT2D eigenvalue weighted by Crippen LogP contribution is -2.14. The molecule has 0 spiro atoms. The van der Waals surface area contributed by atoms with Gasteiger partial charge < -0.3 is 9.64 Å². The first-order valence-corrected chi connectivity index (χ1v) is 9.30. The van der Waals surface area contributed by atoms with Crippen LogP contribution in [0.1, 0.15) is 12.6 Å². The molecule has 7 heteroatoms. The Labute approximate surface area is 150 Å². The van der Waals surface area contributed by atoms with E-state index in [0.29, 0.717) is 6.61 Å². The van der Waals surface area contributed by atoms with Crippen LogP contribution in [0.25, 0.3) is 0 Å². The highest BCUT2D eigenvalue weighted by Crippen LogP contribution is 2.33. The molecule has 0 aliphatic carbocycles. The summed E-state index contributed by atoms with van der Waals surface area (Å²) in [6, 6.07) is 14.1. The Morgan fingerprint density at radius 3 is 2.72 bits per heavy atom. The summed E-state index contributed by atoms with van der Waals surface area (Å²) in [6.45, 7) is 4.45. The number of thioether (sulfide) groups is 1. The Balaban J connectivity index is 1.49. The number of hydrogen-bond acceptors (Lipinski definition) is 6. The molecule has 0 N–H and O–H groups in total. The van der Waals surface area contributed by atoms with E-state index in [1.54, 1.807) is 11.8 Å². The van der Waals surface area contributed by atoms with E-state index in [4.69, 9.17) is 4.74 Å². The van der Waals surface area contributed by atoms with Crippen molar-refractivity contribution in [3.63, 3.8) is 0 Å². The van der Waals surface area contributed by atoms with E-state index in [1.807, 2.05) is 43.5 Å². The van der Waals surface area contributed by atoms with E-state index in [1.165, 1.54) is 0 Å². The van der Waals surface area contributed by atoms with Crippen LogP contribution in [-0.2, 0) is 12.3 Å². The summed E-state index contributed by atoms with van der Waals surface area (Å²) in [5.74, 6) is 2.58. The predicted octanol–water partition coefficient (Wildman–Crippen LogP) is 3.52. The minimum Gasteiger partial charge on any atom is -0.494 e. The highest BCUT2D eigenvalue weighted by Gasteiger charge is 2.26. The van der Waals surface area contributed by atoms with Gasteiger partial charge in [-0.05, 0) is 43.3 Å². The number of pyridine rings is 1. The van der Waals surface area contributed by atoms with Crippen LogP contribution in [0, 0.1) is 0 Å². The van der Waals surface area contributed by atoms with Crippen molar-refractivity contribution in [2.24, 2.45) is 0 Å². The van der Waals surface area contributed by atoms with Crippen LogP contribution < -0.4 is 9.64 Å². The third-order valence-corrected chi connectivity index (χ3v) is 5.02. The Morgan fingerprint density at radius 1 is 1.08 bits per heavy atom. The smallest absolute Gasteiger partial charge is 0.232 e. The van der Waals surface area contributed by atoms with Gasteiger partial charge in [0, 0.05) is 30.7 Å². The number of nitrogens with zero attached hydrogens (tertiary/aromatic N) is 5. The second-order valence-corrected chi connectivity index (χ2v) is 6.57. The highest BCUT2D eigenvalue weighted by molar-refractivity contribution is 7.98. The average Bonchev–Trinajstić information content (AvgIpc) is 3.24. The van der Waals surface area contributed by atoms with Crippen molar-refractivity contribution in [2.75, 3.05) is 18.1 Å². The van der Waals surface area contributed by atoms with Gasteiger partial charge in [-0.2, -0.15) is 0 Å². The Morgan fingerprint density at radius 2 is 1.96 bits per heavy atom. The maximum atomic E-state index is 5.51. The highest BCUT2D eigenvalue weighted by atomic mass is 32.2. The van der Waals surface area contributed by atoms with E-state index in [-0.39, 0.29) is 0 Å². The molecule has 128 valence electrons. The van der Waals surface area contributed by atoms with Crippen molar-refractivity contribution in [1.82, 2.24) is 19.7 Å². The van der Waals surface area contributed by atoms with Crippen molar-refractivity contribution in [2.45, 2.75) is 24.4 Å². The summed E-state index contributed by atoms with van der Waals surface area (Å²) in [6.07, 6.45) is 1.82. The van der Waals surface area contributed by atoms with Crippen molar-refractivity contribution < 1.29 is 4.74 Å². The van der Waals surface area contributed by atoms with Gasteiger partial charge in [-0.15, -0.1) is 10.2 Å². The molecule has 0 bridgehead atoms. The summed E-state index contributed by atoms with van der Waals surface area (Å²) in [4.78, 5) is 6.55. The second kappa shape index (κ2) is 7.14. The van der Waals surface area contributed by atoms with Crippen LogP contribution in [0.3, 0.4) is 0 Å². The summed E-state index contributed by atoms with van der Waals surface area (Å²) < 4.78 is 7.68. The first-order valence-electron chi connectivity index (χ1n) is 8.31. The minimum absolute atomic E-state index is 0.675. The Bertz CT molecular complexity index is 834. The van der Waals surface area contributed by atoms with Gasteiger partial charge >= 0.3 is 0 Å². The van der Waals surface area contributed by atoms with Gasteiger partial charge in [-0.3, -0.25) is 9.55 Å². The van der Waals surface area contributed by atoms with E-state index in [2.05, 4.69) is 36.8 Å². The van der Waals surface area contributed by atoms with Crippen molar-refractivity contribution in [3.8, 4) is 5.75 Å². The predicted molar refractivity (Wildman–Crippen MR) is 98.4 cm³/mol. The van der Waals surface area contributed by atoms with Crippen LogP contribution >= 0.6 is 11.8 Å². The summed E-state index contributed by atoms with van der Waals surface area (Å²) >= 11 is 1.67. The lowest BCUT2D eigenvalue weighted by Gasteiger charge is -2.15. The number of ether oxygens (including phenoxy) is 1. The summed E-state index contributed by atoms with van der Waals surface area (Å²) in [7, 11) is 0. The van der Waals surface area contributed by atoms with E-state index >= 15 is 0 Å². The number of hydrogen-bond donors (Lipinski definition) is 0. The van der Waals surface area contributed by atoms with Crippen LogP contribution in [0.15, 0.2) is 53.8 Å². The molecule has 4 rings (SSSR count). The molecule has 1 aromatic carbocycles. The molecule has 2 aromatic heterocycles. The van der Waals surface area contributed by atoms with Crippen molar-refractivity contribution in [3.05, 3.63) is 54.4 Å². The fourth-order valence-electron chi connectivity index (χ4n) is 2.84. The second-order valence-electron chi connectivity index (χ2n) is 5.62.